The molecule has 2 aromatic carbocycles. The van der Waals surface area contributed by atoms with Gasteiger partial charge in [-0.05, 0) is 48.9 Å². The fraction of sp³-hybridized carbons (Fsp3) is 0.333. The molecule has 0 spiro atoms. The number of alkyl halides is 3. The average Bonchev–Trinajstić information content (AvgIpc) is 3.14. The van der Waals surface area contributed by atoms with E-state index in [0.717, 1.165) is 24.6 Å². The molecule has 1 heterocycles. The first-order valence-corrected chi connectivity index (χ1v) is 9.34. The largest absolute Gasteiger partial charge is 0.489 e. The zero-order chi connectivity index (χ0) is 21.7. The minimum atomic E-state index is -4.56. The number of hydrogen-bond acceptors (Lipinski definition) is 4. The Labute approximate surface area is 171 Å². The fourth-order valence-electron chi connectivity index (χ4n) is 3.07. The van der Waals surface area contributed by atoms with Crippen LogP contribution >= 0.6 is 0 Å². The highest BCUT2D eigenvalue weighted by Gasteiger charge is 2.31. The van der Waals surface area contributed by atoms with Crippen LogP contribution in [-0.2, 0) is 15.7 Å². The molecule has 2 amide bonds. The van der Waals surface area contributed by atoms with E-state index in [1.54, 1.807) is 17.0 Å². The van der Waals surface area contributed by atoms with Crippen LogP contribution < -0.4 is 15.0 Å². The summed E-state index contributed by atoms with van der Waals surface area (Å²) in [5.74, 6) is -0.466. The molecule has 0 aliphatic carbocycles. The Morgan fingerprint density at radius 3 is 2.47 bits per heavy atom. The molecule has 160 valence electrons. The predicted molar refractivity (Wildman–Crippen MR) is 105 cm³/mol. The van der Waals surface area contributed by atoms with Crippen molar-refractivity contribution in [3.8, 4) is 5.75 Å². The second kappa shape index (κ2) is 9.17. The van der Waals surface area contributed by atoms with Crippen molar-refractivity contribution in [1.82, 2.24) is 0 Å². The molecule has 1 N–H and O–H groups in total. The minimum absolute atomic E-state index is 0.0222. The first-order chi connectivity index (χ1) is 14.3. The summed E-state index contributed by atoms with van der Waals surface area (Å²) >= 11 is 0. The molecule has 3 rings (SSSR count). The van der Waals surface area contributed by atoms with Gasteiger partial charge in [0.25, 0.3) is 5.91 Å². The van der Waals surface area contributed by atoms with Crippen LogP contribution in [0.4, 0.5) is 24.5 Å². The number of benzene rings is 2. The molecule has 30 heavy (non-hydrogen) atoms. The van der Waals surface area contributed by atoms with Gasteiger partial charge in [-0.1, -0.05) is 0 Å². The number of anilines is 2. The number of carbonyl (C=O) groups excluding carboxylic acids is 2. The standard InChI is InChI=1S/C21H21F3N2O4/c1-29-11-12-30-18-9-6-15(21(22,23)24)13-17(18)25-20(28)14-4-7-16(8-5-14)26-10-2-3-19(26)27/h4-9,13H,2-3,10-12H2,1H3,(H,25,28). The molecule has 0 bridgehead atoms. The Balaban J connectivity index is 1.79. The second-order valence-corrected chi connectivity index (χ2v) is 6.70. The Bertz CT molecular complexity index is 913. The molecule has 1 saturated heterocycles. The van der Waals surface area contributed by atoms with E-state index < -0.39 is 17.6 Å². The Morgan fingerprint density at radius 1 is 1.13 bits per heavy atom. The molecule has 0 aromatic heterocycles. The summed E-state index contributed by atoms with van der Waals surface area (Å²) in [5, 5.41) is 2.48. The van der Waals surface area contributed by atoms with Crippen LogP contribution in [-0.4, -0.2) is 38.7 Å². The lowest BCUT2D eigenvalue weighted by Crippen LogP contribution is -2.23. The van der Waals surface area contributed by atoms with Crippen LogP contribution in [0.2, 0.25) is 0 Å². The molecule has 0 unspecified atom stereocenters. The topological polar surface area (TPSA) is 67.9 Å². The van der Waals surface area contributed by atoms with E-state index >= 15 is 0 Å². The lowest BCUT2D eigenvalue weighted by atomic mass is 10.1. The number of hydrogen-bond donors (Lipinski definition) is 1. The summed E-state index contributed by atoms with van der Waals surface area (Å²) < 4.78 is 49.6. The van der Waals surface area contributed by atoms with Crippen molar-refractivity contribution in [3.63, 3.8) is 0 Å². The molecule has 6 nitrogen and oxygen atoms in total. The van der Waals surface area contributed by atoms with Crippen molar-refractivity contribution < 1.29 is 32.2 Å². The van der Waals surface area contributed by atoms with Crippen molar-refractivity contribution in [2.75, 3.05) is 37.1 Å². The van der Waals surface area contributed by atoms with E-state index in [1.165, 1.54) is 19.2 Å². The molecule has 0 saturated carbocycles. The smallest absolute Gasteiger partial charge is 0.416 e. The zero-order valence-electron chi connectivity index (χ0n) is 16.3. The van der Waals surface area contributed by atoms with Gasteiger partial charge in [-0.15, -0.1) is 0 Å². The SMILES string of the molecule is COCCOc1ccc(C(F)(F)F)cc1NC(=O)c1ccc(N2CCCC2=O)cc1. The van der Waals surface area contributed by atoms with E-state index in [-0.39, 0.29) is 36.1 Å². The molecule has 0 atom stereocenters. The summed E-state index contributed by atoms with van der Waals surface area (Å²) in [6.45, 7) is 0.977. The van der Waals surface area contributed by atoms with Gasteiger partial charge in [0.2, 0.25) is 5.91 Å². The van der Waals surface area contributed by atoms with Crippen molar-refractivity contribution in [2.45, 2.75) is 19.0 Å². The van der Waals surface area contributed by atoms with E-state index in [4.69, 9.17) is 9.47 Å². The van der Waals surface area contributed by atoms with Crippen LogP contribution in [0.1, 0.15) is 28.8 Å². The molecule has 0 radical (unpaired) electrons. The highest BCUT2D eigenvalue weighted by Crippen LogP contribution is 2.35. The van der Waals surface area contributed by atoms with Crippen molar-refractivity contribution in [1.29, 1.82) is 0 Å². The zero-order valence-corrected chi connectivity index (χ0v) is 16.3. The van der Waals surface area contributed by atoms with Crippen LogP contribution in [0.5, 0.6) is 5.75 Å². The molecule has 9 heteroatoms. The molecule has 2 aromatic rings. The van der Waals surface area contributed by atoms with E-state index in [9.17, 15) is 22.8 Å². The summed E-state index contributed by atoms with van der Waals surface area (Å²) in [4.78, 5) is 26.1. The maximum atomic E-state index is 13.1. The monoisotopic (exact) mass is 422 g/mol. The van der Waals surface area contributed by atoms with Crippen LogP contribution in [0.15, 0.2) is 42.5 Å². The third-order valence-corrected chi connectivity index (χ3v) is 4.61. The average molecular weight is 422 g/mol. The summed E-state index contributed by atoms with van der Waals surface area (Å²) in [7, 11) is 1.47. The molecule has 1 aliphatic rings. The lowest BCUT2D eigenvalue weighted by Gasteiger charge is -2.17. The number of rotatable bonds is 7. The molecule has 1 fully saturated rings. The highest BCUT2D eigenvalue weighted by molar-refractivity contribution is 6.05. The highest BCUT2D eigenvalue weighted by atomic mass is 19.4. The normalized spacial score (nSPS) is 14.1. The fourth-order valence-corrected chi connectivity index (χ4v) is 3.07. The van der Waals surface area contributed by atoms with Crippen molar-refractivity contribution in [3.05, 3.63) is 53.6 Å². The van der Waals surface area contributed by atoms with Crippen LogP contribution in [0.25, 0.3) is 0 Å². The molecular formula is C21H21F3N2O4. The molecular weight excluding hydrogens is 401 g/mol. The maximum Gasteiger partial charge on any atom is 0.416 e. The molecule has 1 aliphatic heterocycles. The van der Waals surface area contributed by atoms with Gasteiger partial charge in [0.05, 0.1) is 17.9 Å². The third-order valence-electron chi connectivity index (χ3n) is 4.61. The van der Waals surface area contributed by atoms with E-state index in [1.807, 2.05) is 0 Å². The number of carbonyl (C=O) groups is 2. The summed E-state index contributed by atoms with van der Waals surface area (Å²) in [5.41, 5.74) is -0.0770. The van der Waals surface area contributed by atoms with Gasteiger partial charge in [-0.25, -0.2) is 0 Å². The first-order valence-electron chi connectivity index (χ1n) is 9.34. The minimum Gasteiger partial charge on any atom is -0.489 e. The van der Waals surface area contributed by atoms with Crippen LogP contribution in [0.3, 0.4) is 0 Å². The maximum absolute atomic E-state index is 13.1. The van der Waals surface area contributed by atoms with E-state index in [2.05, 4.69) is 5.32 Å². The first kappa shape index (κ1) is 21.6. The van der Waals surface area contributed by atoms with E-state index in [0.29, 0.717) is 18.7 Å². The second-order valence-electron chi connectivity index (χ2n) is 6.70. The van der Waals surface area contributed by atoms with Crippen molar-refractivity contribution in [2.24, 2.45) is 0 Å². The van der Waals surface area contributed by atoms with Gasteiger partial charge >= 0.3 is 6.18 Å². The Kier molecular flexibility index (Phi) is 6.61. The Hall–Kier alpha value is -3.07. The van der Waals surface area contributed by atoms with Crippen LogP contribution in [0, 0.1) is 0 Å². The third kappa shape index (κ3) is 5.10. The van der Waals surface area contributed by atoms with Gasteiger partial charge < -0.3 is 19.7 Å². The number of amides is 2. The number of methoxy groups -OCH3 is 1. The Morgan fingerprint density at radius 2 is 1.87 bits per heavy atom. The number of nitrogens with one attached hydrogen (secondary N) is 1. The predicted octanol–water partition coefficient (Wildman–Crippen LogP) is 4.11. The van der Waals surface area contributed by atoms with Gasteiger partial charge in [-0.2, -0.15) is 13.2 Å². The number of halogens is 3. The van der Waals surface area contributed by atoms with Gasteiger partial charge in [0.15, 0.2) is 0 Å². The van der Waals surface area contributed by atoms with Crippen molar-refractivity contribution >= 4 is 23.2 Å². The van der Waals surface area contributed by atoms with Gasteiger partial charge in [-0.3, -0.25) is 9.59 Å². The quantitative estimate of drug-likeness (QED) is 0.682. The van der Waals surface area contributed by atoms with Gasteiger partial charge in [0.1, 0.15) is 12.4 Å². The summed E-state index contributed by atoms with van der Waals surface area (Å²) in [6.07, 6.45) is -3.29. The lowest BCUT2D eigenvalue weighted by molar-refractivity contribution is -0.137. The number of nitrogens with zero attached hydrogens (tertiary/aromatic N) is 1. The number of ether oxygens (including phenoxy) is 2. The van der Waals surface area contributed by atoms with Gasteiger partial charge in [0, 0.05) is 31.3 Å². The summed E-state index contributed by atoms with van der Waals surface area (Å²) in [6, 6.07) is 9.21.